The van der Waals surface area contributed by atoms with Crippen LogP contribution in [0, 0.1) is 6.92 Å². The summed E-state index contributed by atoms with van der Waals surface area (Å²) in [6.45, 7) is 6.27. The molecular weight excluding hydrogens is 572 g/mol. The molecule has 5 nitrogen and oxygen atoms in total. The molecular formula is C41H74O5. The molecule has 46 heavy (non-hydrogen) atoms. The van der Waals surface area contributed by atoms with Gasteiger partial charge in [-0.15, -0.1) is 0 Å². The first-order valence-electron chi connectivity index (χ1n) is 20.1. The van der Waals surface area contributed by atoms with Gasteiger partial charge < -0.3 is 13.9 Å². The van der Waals surface area contributed by atoms with E-state index in [-0.39, 0.29) is 23.4 Å². The van der Waals surface area contributed by atoms with Crippen LogP contribution in [0.2, 0.25) is 0 Å². The average molecular weight is 647 g/mol. The van der Waals surface area contributed by atoms with Gasteiger partial charge in [-0.05, 0) is 19.8 Å². The van der Waals surface area contributed by atoms with Crippen LogP contribution in [0.3, 0.4) is 0 Å². The summed E-state index contributed by atoms with van der Waals surface area (Å²) >= 11 is 0. The van der Waals surface area contributed by atoms with E-state index in [1.54, 1.807) is 6.92 Å². The Morgan fingerprint density at radius 2 is 0.739 bits per heavy atom. The maximum absolute atomic E-state index is 12.5. The summed E-state index contributed by atoms with van der Waals surface area (Å²) in [5.74, 6) is 0.331. The number of carbonyl (C=O) groups excluding carboxylic acids is 2. The van der Waals surface area contributed by atoms with Gasteiger partial charge >= 0.3 is 11.9 Å². The molecule has 0 aliphatic rings. The summed E-state index contributed by atoms with van der Waals surface area (Å²) in [7, 11) is 0. The molecule has 268 valence electrons. The first-order valence-corrected chi connectivity index (χ1v) is 20.1. The highest BCUT2D eigenvalue weighted by molar-refractivity contribution is 5.76. The molecule has 0 aliphatic heterocycles. The summed E-state index contributed by atoms with van der Waals surface area (Å²) in [5, 5.41) is 0. The van der Waals surface area contributed by atoms with Gasteiger partial charge in [-0.1, -0.05) is 194 Å². The number of aryl methyl sites for hydroxylation is 1. The van der Waals surface area contributed by atoms with Crippen molar-refractivity contribution in [2.24, 2.45) is 0 Å². The minimum Gasteiger partial charge on any atom is -0.462 e. The van der Waals surface area contributed by atoms with Crippen LogP contribution in [0.5, 0.6) is 11.5 Å². The molecule has 1 rings (SSSR count). The predicted molar refractivity (Wildman–Crippen MR) is 194 cm³/mol. The van der Waals surface area contributed by atoms with Gasteiger partial charge in [-0.3, -0.25) is 9.59 Å². The van der Waals surface area contributed by atoms with Crippen molar-refractivity contribution < 1.29 is 23.5 Å². The van der Waals surface area contributed by atoms with Gasteiger partial charge in [0.2, 0.25) is 11.5 Å². The number of rotatable bonds is 34. The molecule has 0 unspecified atom stereocenters. The standard InChI is InChI=1S/C41H74O5/c1-4-6-8-10-12-14-16-18-20-22-24-26-28-30-32-34-39(42)45-38-36-44-37(3)41(38)46-40(43)35-33-31-29-27-25-23-21-19-17-15-13-11-9-7-5-2/h36H,4-35H2,1-3H3. The Labute approximate surface area is 284 Å². The molecule has 0 saturated carbocycles. The average Bonchev–Trinajstić information content (AvgIpc) is 3.38. The first kappa shape index (κ1) is 42.2. The van der Waals surface area contributed by atoms with Crippen molar-refractivity contribution in [2.75, 3.05) is 0 Å². The fourth-order valence-corrected chi connectivity index (χ4v) is 6.23. The first-order chi connectivity index (χ1) is 22.6. The second-order valence-corrected chi connectivity index (χ2v) is 13.8. The fraction of sp³-hybridized carbons (Fsp3) is 0.854. The topological polar surface area (TPSA) is 65.7 Å². The lowest BCUT2D eigenvalue weighted by atomic mass is 10.0. The van der Waals surface area contributed by atoms with Gasteiger partial charge in [0.15, 0.2) is 0 Å². The summed E-state index contributed by atoms with van der Waals surface area (Å²) in [5.41, 5.74) is 0. The van der Waals surface area contributed by atoms with Gasteiger partial charge in [-0.2, -0.15) is 0 Å². The van der Waals surface area contributed by atoms with Gasteiger partial charge in [0.1, 0.15) is 12.0 Å². The summed E-state index contributed by atoms with van der Waals surface area (Å²) < 4.78 is 16.5. The number of carbonyl (C=O) groups is 2. The van der Waals surface area contributed by atoms with E-state index in [9.17, 15) is 9.59 Å². The zero-order valence-corrected chi connectivity index (χ0v) is 30.7. The van der Waals surface area contributed by atoms with Crippen molar-refractivity contribution >= 4 is 11.9 Å². The van der Waals surface area contributed by atoms with Crippen LogP contribution < -0.4 is 9.47 Å². The highest BCUT2D eigenvalue weighted by atomic mass is 16.6. The third-order valence-electron chi connectivity index (χ3n) is 9.29. The van der Waals surface area contributed by atoms with Crippen molar-refractivity contribution in [3.8, 4) is 11.5 Å². The Kier molecular flexibility index (Phi) is 29.2. The molecule has 0 radical (unpaired) electrons. The Hall–Kier alpha value is -1.78. The zero-order valence-electron chi connectivity index (χ0n) is 30.7. The third-order valence-corrected chi connectivity index (χ3v) is 9.29. The van der Waals surface area contributed by atoms with Crippen LogP contribution in [-0.2, 0) is 9.59 Å². The molecule has 0 N–H and O–H groups in total. The number of furan rings is 1. The van der Waals surface area contributed by atoms with Gasteiger partial charge in [0.05, 0.1) is 0 Å². The molecule has 0 saturated heterocycles. The van der Waals surface area contributed by atoms with Crippen LogP contribution in [0.15, 0.2) is 10.7 Å². The van der Waals surface area contributed by atoms with Crippen molar-refractivity contribution in [3.05, 3.63) is 12.0 Å². The highest BCUT2D eigenvalue weighted by Gasteiger charge is 2.19. The maximum Gasteiger partial charge on any atom is 0.311 e. The molecule has 0 aliphatic carbocycles. The monoisotopic (exact) mass is 647 g/mol. The molecule has 0 bridgehead atoms. The highest BCUT2D eigenvalue weighted by Crippen LogP contribution is 2.34. The normalized spacial score (nSPS) is 11.3. The molecule has 5 heteroatoms. The lowest BCUT2D eigenvalue weighted by molar-refractivity contribution is -0.137. The van der Waals surface area contributed by atoms with Crippen molar-refractivity contribution in [3.63, 3.8) is 0 Å². The molecule has 0 amide bonds. The Balaban J connectivity index is 2.01. The zero-order chi connectivity index (χ0) is 33.3. The number of hydrogen-bond donors (Lipinski definition) is 0. The van der Waals surface area contributed by atoms with E-state index >= 15 is 0 Å². The lowest BCUT2D eigenvalue weighted by Crippen LogP contribution is -2.11. The third kappa shape index (κ3) is 25.3. The maximum atomic E-state index is 12.5. The quantitative estimate of drug-likeness (QED) is 0.0550. The van der Waals surface area contributed by atoms with Crippen LogP contribution in [0.1, 0.15) is 225 Å². The van der Waals surface area contributed by atoms with Crippen LogP contribution >= 0.6 is 0 Å². The van der Waals surface area contributed by atoms with Gasteiger partial charge in [-0.25, -0.2) is 0 Å². The second-order valence-electron chi connectivity index (χ2n) is 13.8. The predicted octanol–water partition coefficient (Wildman–Crippen LogP) is 13.9. The summed E-state index contributed by atoms with van der Waals surface area (Å²) in [6, 6.07) is 0. The van der Waals surface area contributed by atoms with Crippen LogP contribution in [0.25, 0.3) is 0 Å². The van der Waals surface area contributed by atoms with E-state index in [1.807, 2.05) is 0 Å². The van der Waals surface area contributed by atoms with Gasteiger partial charge in [0.25, 0.3) is 0 Å². The SMILES string of the molecule is CCCCCCCCCCCCCCCCCC(=O)Oc1coc(C)c1OC(=O)CCCCCCCCCCCCCCCCC. The number of hydrogen-bond acceptors (Lipinski definition) is 5. The number of esters is 2. The van der Waals surface area contributed by atoms with E-state index in [1.165, 1.54) is 160 Å². The Morgan fingerprint density at radius 1 is 0.457 bits per heavy atom. The molecule has 0 aromatic carbocycles. The lowest BCUT2D eigenvalue weighted by Gasteiger charge is -2.07. The van der Waals surface area contributed by atoms with E-state index in [0.717, 1.165) is 38.5 Å². The largest absolute Gasteiger partial charge is 0.462 e. The molecule has 1 aromatic heterocycles. The van der Waals surface area contributed by atoms with E-state index < -0.39 is 0 Å². The Bertz CT molecular complexity index is 829. The molecule has 0 fully saturated rings. The van der Waals surface area contributed by atoms with Crippen molar-refractivity contribution in [1.82, 2.24) is 0 Å². The molecule has 1 aromatic rings. The molecule has 0 spiro atoms. The summed E-state index contributed by atoms with van der Waals surface area (Å²) in [4.78, 5) is 24.9. The smallest absolute Gasteiger partial charge is 0.311 e. The van der Waals surface area contributed by atoms with E-state index in [0.29, 0.717) is 18.6 Å². The van der Waals surface area contributed by atoms with Crippen molar-refractivity contribution in [1.29, 1.82) is 0 Å². The number of unbranched alkanes of at least 4 members (excludes halogenated alkanes) is 28. The fourth-order valence-electron chi connectivity index (χ4n) is 6.23. The van der Waals surface area contributed by atoms with E-state index in [2.05, 4.69) is 13.8 Å². The van der Waals surface area contributed by atoms with Gasteiger partial charge in [0, 0.05) is 12.8 Å². The minimum atomic E-state index is -0.296. The molecule has 0 atom stereocenters. The minimum absolute atomic E-state index is 0.216. The molecule has 1 heterocycles. The van der Waals surface area contributed by atoms with Crippen LogP contribution in [-0.4, -0.2) is 11.9 Å². The second kappa shape index (κ2) is 31.8. The summed E-state index contributed by atoms with van der Waals surface area (Å²) in [6.07, 6.45) is 40.9. The number of ether oxygens (including phenoxy) is 2. The van der Waals surface area contributed by atoms with Crippen molar-refractivity contribution in [2.45, 2.75) is 226 Å². The van der Waals surface area contributed by atoms with Crippen LogP contribution in [0.4, 0.5) is 0 Å². The van der Waals surface area contributed by atoms with E-state index in [4.69, 9.17) is 13.9 Å². The Morgan fingerprint density at radius 3 is 1.07 bits per heavy atom.